The van der Waals surface area contributed by atoms with Crippen LogP contribution in [0.1, 0.15) is 82.3 Å². The summed E-state index contributed by atoms with van der Waals surface area (Å²) in [6, 6.07) is 6.26. The minimum absolute atomic E-state index is 0.00169. The Morgan fingerprint density at radius 2 is 1.79 bits per heavy atom. The van der Waals surface area contributed by atoms with Crippen LogP contribution in [-0.2, 0) is 4.79 Å². The van der Waals surface area contributed by atoms with Crippen LogP contribution in [0.2, 0.25) is 0 Å². The summed E-state index contributed by atoms with van der Waals surface area (Å²) in [5.41, 5.74) is 2.49. The number of aryl methyl sites for hydroxylation is 1. The van der Waals surface area contributed by atoms with Crippen molar-refractivity contribution in [2.24, 2.45) is 0 Å². The largest absolute Gasteiger partial charge is 0.483 e. The van der Waals surface area contributed by atoms with Gasteiger partial charge in [0.05, 0.1) is 0 Å². The van der Waals surface area contributed by atoms with Crippen molar-refractivity contribution >= 4 is 5.91 Å². The van der Waals surface area contributed by atoms with Gasteiger partial charge in [0.25, 0.3) is 5.91 Å². The Kier molecular flexibility index (Phi) is 7.39. The summed E-state index contributed by atoms with van der Waals surface area (Å²) >= 11 is 0. The maximum Gasteiger partial charge on any atom is 0.258 e. The lowest BCUT2D eigenvalue weighted by atomic mass is 9.79. The molecule has 0 bridgehead atoms. The van der Waals surface area contributed by atoms with E-state index in [1.807, 2.05) is 6.07 Å². The van der Waals surface area contributed by atoms with Gasteiger partial charge < -0.3 is 10.1 Å². The highest BCUT2D eigenvalue weighted by Crippen LogP contribution is 2.35. The van der Waals surface area contributed by atoms with E-state index in [-0.39, 0.29) is 18.1 Å². The maximum absolute atomic E-state index is 12.6. The zero-order valence-electron chi connectivity index (χ0n) is 18.1. The van der Waals surface area contributed by atoms with E-state index < -0.39 is 0 Å². The Bertz CT molecular complexity index is 644. The highest BCUT2D eigenvalue weighted by molar-refractivity contribution is 5.77. The van der Waals surface area contributed by atoms with Crippen molar-refractivity contribution in [3.8, 4) is 5.75 Å². The van der Waals surface area contributed by atoms with Gasteiger partial charge in [0.2, 0.25) is 0 Å². The van der Waals surface area contributed by atoms with Crippen molar-refractivity contribution < 1.29 is 9.53 Å². The summed E-state index contributed by atoms with van der Waals surface area (Å²) in [5, 5.41) is 3.22. The number of ether oxygens (including phenoxy) is 1. The molecule has 1 heterocycles. The predicted octanol–water partition coefficient (Wildman–Crippen LogP) is 4.80. The Morgan fingerprint density at radius 1 is 1.11 bits per heavy atom. The van der Waals surface area contributed by atoms with Crippen molar-refractivity contribution in [2.45, 2.75) is 83.6 Å². The first-order chi connectivity index (χ1) is 13.5. The normalized spacial score (nSPS) is 20.1. The smallest absolute Gasteiger partial charge is 0.258 e. The third kappa shape index (κ3) is 5.28. The molecule has 4 heteroatoms. The molecule has 156 valence electrons. The van der Waals surface area contributed by atoms with Crippen LogP contribution in [0.5, 0.6) is 5.75 Å². The Morgan fingerprint density at radius 3 is 2.46 bits per heavy atom. The quantitative estimate of drug-likeness (QED) is 0.732. The number of hydrogen-bond acceptors (Lipinski definition) is 3. The zero-order chi connectivity index (χ0) is 20.0. The van der Waals surface area contributed by atoms with Gasteiger partial charge in [-0.15, -0.1) is 0 Å². The second-order valence-electron chi connectivity index (χ2n) is 9.09. The first kappa shape index (κ1) is 21.2. The van der Waals surface area contributed by atoms with Crippen LogP contribution in [0, 0.1) is 6.92 Å². The summed E-state index contributed by atoms with van der Waals surface area (Å²) in [6.45, 7) is 9.61. The number of rotatable bonds is 7. The van der Waals surface area contributed by atoms with Crippen molar-refractivity contribution in [1.82, 2.24) is 10.2 Å². The number of benzene rings is 1. The summed E-state index contributed by atoms with van der Waals surface area (Å²) in [5.74, 6) is 1.22. The molecule has 2 aliphatic rings. The number of likely N-dealkylation sites (tertiary alicyclic amines) is 1. The Labute approximate surface area is 171 Å². The fourth-order valence-electron chi connectivity index (χ4n) is 4.88. The molecule has 0 atom stereocenters. The summed E-state index contributed by atoms with van der Waals surface area (Å²) < 4.78 is 5.93. The molecule has 0 spiro atoms. The lowest BCUT2D eigenvalue weighted by Crippen LogP contribution is -2.58. The van der Waals surface area contributed by atoms with Gasteiger partial charge in [-0.25, -0.2) is 0 Å². The van der Waals surface area contributed by atoms with Gasteiger partial charge in [0.1, 0.15) is 5.75 Å². The van der Waals surface area contributed by atoms with E-state index in [0.29, 0.717) is 5.92 Å². The van der Waals surface area contributed by atoms with Gasteiger partial charge in [-0.1, -0.05) is 51.7 Å². The second kappa shape index (κ2) is 9.78. The summed E-state index contributed by atoms with van der Waals surface area (Å²) in [7, 11) is 0. The van der Waals surface area contributed by atoms with E-state index in [4.69, 9.17) is 4.74 Å². The summed E-state index contributed by atoms with van der Waals surface area (Å²) in [4.78, 5) is 15.3. The highest BCUT2D eigenvalue weighted by Gasteiger charge is 2.38. The average Bonchev–Trinajstić information content (AvgIpc) is 2.72. The maximum atomic E-state index is 12.6. The molecular weight excluding hydrogens is 348 g/mol. The van der Waals surface area contributed by atoms with Crippen molar-refractivity contribution in [2.75, 3.05) is 26.2 Å². The number of nitrogens with zero attached hydrogens (tertiary/aromatic N) is 1. The van der Waals surface area contributed by atoms with E-state index in [1.165, 1.54) is 64.5 Å². The third-order valence-corrected chi connectivity index (χ3v) is 6.58. The third-order valence-electron chi connectivity index (χ3n) is 6.58. The zero-order valence-corrected chi connectivity index (χ0v) is 18.1. The number of amides is 1. The van der Waals surface area contributed by atoms with Gasteiger partial charge >= 0.3 is 0 Å². The number of carbonyl (C=O) groups is 1. The molecule has 4 nitrogen and oxygen atoms in total. The number of carbonyl (C=O) groups excluding carboxylic acids is 1. The molecule has 3 rings (SSSR count). The fourth-order valence-corrected chi connectivity index (χ4v) is 4.88. The van der Waals surface area contributed by atoms with Crippen molar-refractivity contribution in [3.63, 3.8) is 0 Å². The van der Waals surface area contributed by atoms with Gasteiger partial charge in [0.15, 0.2) is 6.61 Å². The van der Waals surface area contributed by atoms with Crippen LogP contribution in [-0.4, -0.2) is 42.6 Å². The number of piperidine rings is 1. The van der Waals surface area contributed by atoms with Crippen LogP contribution >= 0.6 is 0 Å². The Hall–Kier alpha value is -1.55. The molecule has 1 N–H and O–H groups in total. The first-order valence-electron chi connectivity index (χ1n) is 11.3. The van der Waals surface area contributed by atoms with E-state index >= 15 is 0 Å². The molecule has 0 unspecified atom stereocenters. The predicted molar refractivity (Wildman–Crippen MR) is 115 cm³/mol. The number of nitrogens with one attached hydrogen (secondary N) is 1. The van der Waals surface area contributed by atoms with E-state index in [1.54, 1.807) is 0 Å². The van der Waals surface area contributed by atoms with Crippen LogP contribution in [0.3, 0.4) is 0 Å². The van der Waals surface area contributed by atoms with Gasteiger partial charge in [-0.3, -0.25) is 9.69 Å². The average molecular weight is 387 g/mol. The molecule has 1 aromatic carbocycles. The van der Waals surface area contributed by atoms with Gasteiger partial charge in [-0.05, 0) is 68.8 Å². The van der Waals surface area contributed by atoms with Crippen molar-refractivity contribution in [3.05, 3.63) is 29.3 Å². The van der Waals surface area contributed by atoms with Crippen molar-refractivity contribution in [1.29, 1.82) is 0 Å². The lowest BCUT2D eigenvalue weighted by molar-refractivity contribution is -0.124. The Balaban J connectivity index is 1.57. The molecular formula is C24H38N2O2. The standard InChI is InChI=1S/C24H38N2O2/c1-19(2)21-11-10-20(3)16-22(21)28-17-23(27)25-18-24(12-6-4-7-13-24)26-14-8-5-9-15-26/h10-11,16,19H,4-9,12-15,17-18H2,1-3H3,(H,25,27). The fraction of sp³-hybridized carbons (Fsp3) is 0.708. The van der Waals surface area contributed by atoms with Crippen LogP contribution < -0.4 is 10.1 Å². The molecule has 0 aromatic heterocycles. The van der Waals surface area contributed by atoms with E-state index in [2.05, 4.69) is 43.1 Å². The molecule has 1 aliphatic carbocycles. The molecule has 1 saturated carbocycles. The van der Waals surface area contributed by atoms with Gasteiger partial charge in [-0.2, -0.15) is 0 Å². The van der Waals surface area contributed by atoms with Gasteiger partial charge in [0, 0.05) is 12.1 Å². The topological polar surface area (TPSA) is 41.6 Å². The second-order valence-corrected chi connectivity index (χ2v) is 9.09. The van der Waals surface area contributed by atoms with Crippen LogP contribution in [0.15, 0.2) is 18.2 Å². The molecule has 0 radical (unpaired) electrons. The molecule has 1 saturated heterocycles. The first-order valence-corrected chi connectivity index (χ1v) is 11.3. The monoisotopic (exact) mass is 386 g/mol. The molecule has 28 heavy (non-hydrogen) atoms. The highest BCUT2D eigenvalue weighted by atomic mass is 16.5. The SMILES string of the molecule is Cc1ccc(C(C)C)c(OCC(=O)NCC2(N3CCCCC3)CCCCC2)c1. The van der Waals surface area contributed by atoms with Crippen LogP contribution in [0.4, 0.5) is 0 Å². The van der Waals surface area contributed by atoms with E-state index in [9.17, 15) is 4.79 Å². The number of hydrogen-bond donors (Lipinski definition) is 1. The summed E-state index contributed by atoms with van der Waals surface area (Å²) in [6.07, 6.45) is 10.3. The molecule has 1 amide bonds. The molecule has 2 fully saturated rings. The van der Waals surface area contributed by atoms with Crippen LogP contribution in [0.25, 0.3) is 0 Å². The van der Waals surface area contributed by atoms with E-state index in [0.717, 1.165) is 23.4 Å². The minimum atomic E-state index is -0.00169. The molecule has 1 aliphatic heterocycles. The molecule has 1 aromatic rings. The minimum Gasteiger partial charge on any atom is -0.483 e. The lowest BCUT2D eigenvalue weighted by Gasteiger charge is -2.48.